The van der Waals surface area contributed by atoms with E-state index in [1.807, 2.05) is 5.38 Å². The second kappa shape index (κ2) is 7.70. The van der Waals surface area contributed by atoms with Gasteiger partial charge in [-0.15, -0.1) is 24.0 Å². The van der Waals surface area contributed by atoms with E-state index in [0.29, 0.717) is 18.0 Å². The standard InChI is InChI=1S/C11H17NO2S2/c1-2-5-14-6-3-4-12-11(13)10-7-9(15)8-16-10/h7-8,15H,2-6H2,1H3,(H,12,13). The number of hydrogen-bond acceptors (Lipinski definition) is 4. The summed E-state index contributed by atoms with van der Waals surface area (Å²) in [5, 5.41) is 4.70. The molecule has 0 atom stereocenters. The van der Waals surface area contributed by atoms with Crippen molar-refractivity contribution in [2.45, 2.75) is 24.7 Å². The largest absolute Gasteiger partial charge is 0.381 e. The molecule has 0 saturated heterocycles. The molecule has 0 bridgehead atoms. The molecule has 0 aliphatic carbocycles. The van der Waals surface area contributed by atoms with Crippen LogP contribution in [0.2, 0.25) is 0 Å². The van der Waals surface area contributed by atoms with Crippen molar-refractivity contribution in [1.29, 1.82) is 0 Å². The van der Waals surface area contributed by atoms with Crippen molar-refractivity contribution in [3.63, 3.8) is 0 Å². The number of hydrogen-bond donors (Lipinski definition) is 2. The first-order valence-corrected chi connectivity index (χ1v) is 6.70. The summed E-state index contributed by atoms with van der Waals surface area (Å²) in [5.41, 5.74) is 0. The Bertz CT molecular complexity index is 326. The van der Waals surface area contributed by atoms with E-state index in [1.54, 1.807) is 6.07 Å². The monoisotopic (exact) mass is 259 g/mol. The molecule has 1 rings (SSSR count). The molecule has 0 unspecified atom stereocenters. The Balaban J connectivity index is 2.11. The minimum Gasteiger partial charge on any atom is -0.381 e. The zero-order valence-corrected chi connectivity index (χ0v) is 11.1. The highest BCUT2D eigenvalue weighted by Crippen LogP contribution is 2.17. The molecular weight excluding hydrogens is 242 g/mol. The number of thiol groups is 1. The average Bonchev–Trinajstić information content (AvgIpc) is 2.70. The summed E-state index contributed by atoms with van der Waals surface area (Å²) >= 11 is 5.57. The van der Waals surface area contributed by atoms with E-state index in [-0.39, 0.29) is 5.91 Å². The lowest BCUT2D eigenvalue weighted by molar-refractivity contribution is 0.0945. The number of thiophene rings is 1. The second-order valence-electron chi connectivity index (χ2n) is 3.39. The molecule has 0 radical (unpaired) electrons. The normalized spacial score (nSPS) is 10.4. The molecule has 16 heavy (non-hydrogen) atoms. The van der Waals surface area contributed by atoms with E-state index >= 15 is 0 Å². The van der Waals surface area contributed by atoms with Crippen molar-refractivity contribution in [2.75, 3.05) is 19.8 Å². The smallest absolute Gasteiger partial charge is 0.261 e. The van der Waals surface area contributed by atoms with E-state index in [9.17, 15) is 4.79 Å². The highest BCUT2D eigenvalue weighted by atomic mass is 32.1. The summed E-state index contributed by atoms with van der Waals surface area (Å²) in [4.78, 5) is 13.1. The van der Waals surface area contributed by atoms with Gasteiger partial charge < -0.3 is 10.1 Å². The molecule has 5 heteroatoms. The molecule has 0 saturated carbocycles. The van der Waals surface area contributed by atoms with Crippen LogP contribution >= 0.6 is 24.0 Å². The van der Waals surface area contributed by atoms with Gasteiger partial charge in [-0.25, -0.2) is 0 Å². The summed E-state index contributed by atoms with van der Waals surface area (Å²) in [6.45, 7) is 4.23. The van der Waals surface area contributed by atoms with Gasteiger partial charge in [0.05, 0.1) is 4.88 Å². The maximum Gasteiger partial charge on any atom is 0.261 e. The maximum atomic E-state index is 11.6. The van der Waals surface area contributed by atoms with Gasteiger partial charge in [0, 0.05) is 30.0 Å². The number of amides is 1. The van der Waals surface area contributed by atoms with Crippen LogP contribution in [-0.2, 0) is 4.74 Å². The van der Waals surface area contributed by atoms with Crippen molar-refractivity contribution in [2.24, 2.45) is 0 Å². The lowest BCUT2D eigenvalue weighted by Crippen LogP contribution is -2.24. The molecule has 0 fully saturated rings. The minimum absolute atomic E-state index is 0.0270. The molecule has 1 aromatic rings. The van der Waals surface area contributed by atoms with Crippen molar-refractivity contribution in [1.82, 2.24) is 5.32 Å². The van der Waals surface area contributed by atoms with Gasteiger partial charge >= 0.3 is 0 Å². The Morgan fingerprint density at radius 3 is 3.00 bits per heavy atom. The van der Waals surface area contributed by atoms with E-state index < -0.39 is 0 Å². The number of carbonyl (C=O) groups is 1. The third kappa shape index (κ3) is 5.01. The molecule has 1 aromatic heterocycles. The van der Waals surface area contributed by atoms with E-state index in [0.717, 1.165) is 24.3 Å². The zero-order valence-electron chi connectivity index (χ0n) is 9.36. The van der Waals surface area contributed by atoms with Gasteiger partial charge in [0.15, 0.2) is 0 Å². The first-order valence-electron chi connectivity index (χ1n) is 5.37. The predicted molar refractivity (Wildman–Crippen MR) is 69.6 cm³/mol. The molecule has 1 amide bonds. The molecule has 1 N–H and O–H groups in total. The van der Waals surface area contributed by atoms with Crippen LogP contribution < -0.4 is 5.32 Å². The fourth-order valence-electron chi connectivity index (χ4n) is 1.15. The van der Waals surface area contributed by atoms with E-state index in [1.165, 1.54) is 11.3 Å². The van der Waals surface area contributed by atoms with Crippen LogP contribution in [0.4, 0.5) is 0 Å². The zero-order chi connectivity index (χ0) is 11.8. The van der Waals surface area contributed by atoms with Crippen LogP contribution in [0, 0.1) is 0 Å². The molecule has 3 nitrogen and oxygen atoms in total. The van der Waals surface area contributed by atoms with Crippen molar-refractivity contribution < 1.29 is 9.53 Å². The summed E-state index contributed by atoms with van der Waals surface area (Å²) < 4.78 is 5.31. The average molecular weight is 259 g/mol. The van der Waals surface area contributed by atoms with Gasteiger partial charge in [-0.05, 0) is 18.9 Å². The number of rotatable bonds is 7. The van der Waals surface area contributed by atoms with Crippen LogP contribution in [-0.4, -0.2) is 25.7 Å². The molecule has 1 heterocycles. The van der Waals surface area contributed by atoms with Gasteiger partial charge in [0.1, 0.15) is 0 Å². The Hall–Kier alpha value is -0.520. The molecule has 90 valence electrons. The van der Waals surface area contributed by atoms with Gasteiger partial charge in [0.2, 0.25) is 0 Å². The highest BCUT2D eigenvalue weighted by molar-refractivity contribution is 7.80. The van der Waals surface area contributed by atoms with Crippen molar-refractivity contribution >= 4 is 29.9 Å². The van der Waals surface area contributed by atoms with Gasteiger partial charge in [-0.1, -0.05) is 6.92 Å². The second-order valence-corrected chi connectivity index (χ2v) is 4.82. The molecular formula is C11H17NO2S2. The van der Waals surface area contributed by atoms with Crippen LogP contribution in [0.5, 0.6) is 0 Å². The molecule has 0 spiro atoms. The Morgan fingerprint density at radius 2 is 2.38 bits per heavy atom. The van der Waals surface area contributed by atoms with Crippen LogP contribution in [0.25, 0.3) is 0 Å². The lowest BCUT2D eigenvalue weighted by atomic mass is 10.4. The molecule has 0 aliphatic rings. The van der Waals surface area contributed by atoms with Gasteiger partial charge in [-0.2, -0.15) is 0 Å². The van der Waals surface area contributed by atoms with Crippen LogP contribution in [0.3, 0.4) is 0 Å². The maximum absolute atomic E-state index is 11.6. The molecule has 0 aliphatic heterocycles. The summed E-state index contributed by atoms with van der Waals surface area (Å²) in [5.74, 6) is -0.0270. The number of ether oxygens (including phenoxy) is 1. The highest BCUT2D eigenvalue weighted by Gasteiger charge is 2.06. The van der Waals surface area contributed by atoms with Gasteiger partial charge in [-0.3, -0.25) is 4.79 Å². The summed E-state index contributed by atoms with van der Waals surface area (Å²) in [6.07, 6.45) is 1.89. The van der Waals surface area contributed by atoms with Crippen molar-refractivity contribution in [3.8, 4) is 0 Å². The molecule has 0 aromatic carbocycles. The third-order valence-corrected chi connectivity index (χ3v) is 3.27. The Kier molecular flexibility index (Phi) is 6.52. The van der Waals surface area contributed by atoms with Crippen LogP contribution in [0.1, 0.15) is 29.4 Å². The minimum atomic E-state index is -0.0270. The predicted octanol–water partition coefficient (Wildman–Crippen LogP) is 2.58. The van der Waals surface area contributed by atoms with E-state index in [2.05, 4.69) is 24.9 Å². The first-order chi connectivity index (χ1) is 7.74. The van der Waals surface area contributed by atoms with Gasteiger partial charge in [0.25, 0.3) is 5.91 Å². The Morgan fingerprint density at radius 1 is 1.56 bits per heavy atom. The fraction of sp³-hybridized carbons (Fsp3) is 0.545. The number of carbonyl (C=O) groups excluding carboxylic acids is 1. The summed E-state index contributed by atoms with van der Waals surface area (Å²) in [7, 11) is 0. The van der Waals surface area contributed by atoms with E-state index in [4.69, 9.17) is 4.74 Å². The topological polar surface area (TPSA) is 38.3 Å². The van der Waals surface area contributed by atoms with Crippen molar-refractivity contribution in [3.05, 3.63) is 16.3 Å². The third-order valence-electron chi connectivity index (χ3n) is 1.91. The SMILES string of the molecule is CCCOCCCNC(=O)c1cc(S)cs1. The fourth-order valence-corrected chi connectivity index (χ4v) is 2.22. The summed E-state index contributed by atoms with van der Waals surface area (Å²) in [6, 6.07) is 1.77. The quantitative estimate of drug-likeness (QED) is 0.583. The van der Waals surface area contributed by atoms with Crippen LogP contribution in [0.15, 0.2) is 16.3 Å². The number of nitrogens with one attached hydrogen (secondary N) is 1. The lowest BCUT2D eigenvalue weighted by Gasteiger charge is -2.04. The Labute approximate surface area is 106 Å². The first kappa shape index (κ1) is 13.5.